The quantitative estimate of drug-likeness (QED) is 0.211. The molecule has 5 heteroatoms. The molecule has 0 amide bonds. The van der Waals surface area contributed by atoms with Crippen molar-refractivity contribution in [3.8, 4) is 0 Å². The van der Waals surface area contributed by atoms with Gasteiger partial charge in [0.05, 0.1) is 0 Å². The van der Waals surface area contributed by atoms with Crippen molar-refractivity contribution in [1.29, 1.82) is 0 Å². The summed E-state index contributed by atoms with van der Waals surface area (Å²) in [6.45, 7) is 0. The van der Waals surface area contributed by atoms with E-state index in [-0.39, 0.29) is 29.8 Å². The van der Waals surface area contributed by atoms with E-state index in [0.717, 1.165) is 0 Å². The first kappa shape index (κ1) is 19200. The maximum absolute atomic E-state index is 0. The van der Waals surface area contributed by atoms with Gasteiger partial charge in [-0.3, -0.25) is 0 Å². The number of rotatable bonds is 0. The van der Waals surface area contributed by atoms with Gasteiger partial charge < -0.3 is 18.8 Å². The van der Waals surface area contributed by atoms with E-state index >= 15 is 0 Å². The van der Waals surface area contributed by atoms with Gasteiger partial charge in [-0.2, -0.15) is 0 Å². The van der Waals surface area contributed by atoms with Crippen LogP contribution in [0.25, 0.3) is 0 Å². The van der Waals surface area contributed by atoms with Crippen LogP contribution in [-0.4, -0.2) is 11.0 Å². The van der Waals surface area contributed by atoms with Gasteiger partial charge in [0.1, 0.15) is 0 Å². The molecule has 0 saturated heterocycles. The Morgan fingerprint density at radius 3 is 0.400 bits per heavy atom. The smallest absolute Gasteiger partial charge is 1.00 e. The van der Waals surface area contributed by atoms with Gasteiger partial charge in [0.15, 0.2) is 0 Å². The molecule has 32 valence electrons. The predicted octanol–water partition coefficient (Wildman–Crippen LogP) is -12.4. The fourth-order valence-electron chi connectivity index (χ4n) is 0. The van der Waals surface area contributed by atoms with Crippen LogP contribution >= 0.6 is 0 Å². The van der Waals surface area contributed by atoms with E-state index in [1.165, 1.54) is 0 Å². The van der Waals surface area contributed by atoms with E-state index in [1.54, 1.807) is 0 Å². The van der Waals surface area contributed by atoms with Crippen LogP contribution < -0.4 is 18.8 Å². The zero-order valence-corrected chi connectivity index (χ0v) is 3.01. The minimum atomic E-state index is 0. The molecule has 0 fully saturated rings. The molecule has 0 rings (SSSR count). The zero-order chi connectivity index (χ0) is 0. The van der Waals surface area contributed by atoms with Crippen LogP contribution in [0.4, 0.5) is 0 Å². The van der Waals surface area contributed by atoms with Crippen molar-refractivity contribution in [2.45, 2.75) is 0 Å². The van der Waals surface area contributed by atoms with Crippen molar-refractivity contribution in [3.63, 3.8) is 0 Å². The maximum Gasteiger partial charge on any atom is 4.00 e. The first-order valence-electron chi connectivity index (χ1n) is 0. The normalized spacial score (nSPS) is 0. The van der Waals surface area contributed by atoms with Gasteiger partial charge in [-0.1, -0.05) is 0 Å². The van der Waals surface area contributed by atoms with Gasteiger partial charge in [-0.15, -0.1) is 0 Å². The van der Waals surface area contributed by atoms with Crippen LogP contribution in [0.5, 0.6) is 0 Å². The molecule has 0 aliphatic carbocycles. The van der Waals surface area contributed by atoms with Crippen molar-refractivity contribution in [2.24, 2.45) is 0 Å². The van der Waals surface area contributed by atoms with Gasteiger partial charge in [-0.05, 0) is 0 Å². The van der Waals surface area contributed by atoms with Crippen molar-refractivity contribution in [3.05, 3.63) is 0 Å². The van der Waals surface area contributed by atoms with E-state index < -0.39 is 0 Å². The third-order valence-corrected chi connectivity index (χ3v) is 0. The Hall–Kier alpha value is -0.0631. The SMILES string of the molecule is [F-].[F-].[F-].[F-].[Si+4]. The van der Waals surface area contributed by atoms with Gasteiger partial charge in [0.2, 0.25) is 0 Å². The average molecular weight is 104 g/mol. The van der Waals surface area contributed by atoms with Crippen molar-refractivity contribution in [1.82, 2.24) is 0 Å². The number of halogens is 4. The largest absolute Gasteiger partial charge is 4.00 e. The van der Waals surface area contributed by atoms with E-state index in [1.807, 2.05) is 0 Å². The van der Waals surface area contributed by atoms with E-state index in [0.29, 0.717) is 0 Å². The molecule has 0 aromatic carbocycles. The Labute approximate surface area is 31.1 Å². The molecule has 0 saturated carbocycles. The third-order valence-electron chi connectivity index (χ3n) is 0. The van der Waals surface area contributed by atoms with E-state index in [4.69, 9.17) is 0 Å². The monoisotopic (exact) mass is 104 g/mol. The molecule has 0 unspecified atom stereocenters. The number of hydrogen-bond donors (Lipinski definition) is 0. The second-order valence-electron chi connectivity index (χ2n) is 0. The molecule has 0 radical (unpaired) electrons. The Morgan fingerprint density at radius 1 is 0.400 bits per heavy atom. The minimum absolute atomic E-state index is 0. The molecular weight excluding hydrogens is 104 g/mol. The summed E-state index contributed by atoms with van der Waals surface area (Å²) < 4.78 is 0. The van der Waals surface area contributed by atoms with Gasteiger partial charge in [0.25, 0.3) is 0 Å². The summed E-state index contributed by atoms with van der Waals surface area (Å²) in [4.78, 5) is 0. The predicted molar refractivity (Wildman–Crippen MR) is 5.75 cm³/mol. The summed E-state index contributed by atoms with van der Waals surface area (Å²) in [5, 5.41) is 0. The second kappa shape index (κ2) is 8520. The first-order chi connectivity index (χ1) is 0. The summed E-state index contributed by atoms with van der Waals surface area (Å²) in [5.41, 5.74) is 0. The molecule has 5 heavy (non-hydrogen) atoms. The molecule has 0 aliphatic heterocycles. The molecule has 0 atom stereocenters. The molecule has 0 aromatic rings. The standard InChI is InChI=1S/4FH.Si/h4*1H;/q;;;;+4/p-4. The Bertz CT molecular complexity index is 3.61. The molecule has 0 bridgehead atoms. The topological polar surface area (TPSA) is 0 Å². The maximum atomic E-state index is 0. The third kappa shape index (κ3) is 3710. The van der Waals surface area contributed by atoms with Crippen LogP contribution in [0.1, 0.15) is 0 Å². The van der Waals surface area contributed by atoms with Gasteiger partial charge >= 0.3 is 11.0 Å². The summed E-state index contributed by atoms with van der Waals surface area (Å²) >= 11 is 0. The first-order valence-corrected chi connectivity index (χ1v) is 0. The molecule has 0 nitrogen and oxygen atoms in total. The summed E-state index contributed by atoms with van der Waals surface area (Å²) in [7, 11) is 0. The van der Waals surface area contributed by atoms with Crippen LogP contribution in [0.2, 0.25) is 0 Å². The fraction of sp³-hybridized carbons (Fsp3) is 0. The Kier molecular flexibility index (Phi) is 32700000. The Morgan fingerprint density at radius 2 is 0.400 bits per heavy atom. The van der Waals surface area contributed by atoms with E-state index in [9.17, 15) is 0 Å². The van der Waals surface area contributed by atoms with Crippen LogP contribution in [0, 0.1) is 0 Å². The summed E-state index contributed by atoms with van der Waals surface area (Å²) in [6.07, 6.45) is 0. The van der Waals surface area contributed by atoms with Crippen LogP contribution in [-0.2, 0) is 0 Å². The molecular formula is F4Si. The van der Waals surface area contributed by atoms with Crippen LogP contribution in [0.3, 0.4) is 0 Å². The van der Waals surface area contributed by atoms with E-state index in [2.05, 4.69) is 0 Å². The molecule has 0 N–H and O–H groups in total. The Balaban J connectivity index is 0. The fourth-order valence-corrected chi connectivity index (χ4v) is 0. The summed E-state index contributed by atoms with van der Waals surface area (Å²) in [5.74, 6) is 0. The zero-order valence-electron chi connectivity index (χ0n) is 2.01. The molecule has 0 aromatic heterocycles. The molecule has 0 heterocycles. The van der Waals surface area contributed by atoms with Crippen molar-refractivity contribution in [2.75, 3.05) is 0 Å². The van der Waals surface area contributed by atoms with Gasteiger partial charge in [0, 0.05) is 0 Å². The second-order valence-corrected chi connectivity index (χ2v) is 0. The van der Waals surface area contributed by atoms with Crippen molar-refractivity contribution < 1.29 is 18.8 Å². The number of hydrogen-bond acceptors (Lipinski definition) is 0. The minimum Gasteiger partial charge on any atom is -1.00 e. The molecule has 0 spiro atoms. The van der Waals surface area contributed by atoms with Crippen LogP contribution in [0.15, 0.2) is 0 Å². The van der Waals surface area contributed by atoms with Crippen molar-refractivity contribution >= 4 is 11.0 Å². The summed E-state index contributed by atoms with van der Waals surface area (Å²) in [6, 6.07) is 0. The average Bonchev–Trinajstić information content (AvgIpc) is 0. The van der Waals surface area contributed by atoms with Gasteiger partial charge in [-0.25, -0.2) is 0 Å². The molecule has 0 aliphatic rings.